The summed E-state index contributed by atoms with van der Waals surface area (Å²) in [6.45, 7) is 1.46. The van der Waals surface area contributed by atoms with E-state index in [0.717, 1.165) is 0 Å². The number of aliphatic carboxylic acids is 1. The van der Waals surface area contributed by atoms with Crippen molar-refractivity contribution in [1.29, 1.82) is 0 Å². The maximum Gasteiger partial charge on any atom is 0.306 e. The van der Waals surface area contributed by atoms with Crippen LogP contribution in [0.5, 0.6) is 0 Å². The molecule has 0 aliphatic rings. The molecule has 0 spiro atoms. The number of aryl methyl sites for hydroxylation is 1. The van der Waals surface area contributed by atoms with E-state index in [4.69, 9.17) is 9.84 Å². The summed E-state index contributed by atoms with van der Waals surface area (Å²) in [5.74, 6) is -1.06. The van der Waals surface area contributed by atoms with Gasteiger partial charge in [0.15, 0.2) is 0 Å². The summed E-state index contributed by atoms with van der Waals surface area (Å²) in [6, 6.07) is 0. The fourth-order valence-corrected chi connectivity index (χ4v) is 2.53. The van der Waals surface area contributed by atoms with E-state index in [0.29, 0.717) is 5.69 Å². The van der Waals surface area contributed by atoms with E-state index in [-0.39, 0.29) is 17.9 Å². The molecule has 0 bridgehead atoms. The van der Waals surface area contributed by atoms with Crippen LogP contribution in [0, 0.1) is 6.92 Å². The normalized spacial score (nSPS) is 13.4. The monoisotopic (exact) mass is 277 g/mol. The predicted octanol–water partition coefficient (Wildman–Crippen LogP) is -0.514. The lowest BCUT2D eigenvalue weighted by molar-refractivity contribution is -0.139. The lowest BCUT2D eigenvalue weighted by Crippen LogP contribution is -2.34. The van der Waals surface area contributed by atoms with Gasteiger partial charge in [0.2, 0.25) is 10.0 Å². The van der Waals surface area contributed by atoms with E-state index in [1.54, 1.807) is 6.92 Å². The first-order chi connectivity index (χ1) is 8.36. The van der Waals surface area contributed by atoms with Gasteiger partial charge in [-0.3, -0.25) is 9.89 Å². The molecule has 1 aromatic rings. The molecule has 0 aromatic carbocycles. The summed E-state index contributed by atoms with van der Waals surface area (Å²) in [4.78, 5) is 10.5. The van der Waals surface area contributed by atoms with Crippen LogP contribution in [0.1, 0.15) is 12.1 Å². The van der Waals surface area contributed by atoms with Crippen LogP contribution in [0.25, 0.3) is 0 Å². The van der Waals surface area contributed by atoms with Crippen LogP contribution in [0.3, 0.4) is 0 Å². The van der Waals surface area contributed by atoms with Gasteiger partial charge in [-0.05, 0) is 6.92 Å². The second-order valence-electron chi connectivity index (χ2n) is 3.67. The number of rotatable bonds is 7. The zero-order valence-electron chi connectivity index (χ0n) is 10.0. The molecule has 1 heterocycles. The number of hydrogen-bond acceptors (Lipinski definition) is 5. The van der Waals surface area contributed by atoms with Gasteiger partial charge in [0.05, 0.1) is 24.4 Å². The fraction of sp³-hybridized carbons (Fsp3) is 0.556. The molecule has 102 valence electrons. The highest BCUT2D eigenvalue weighted by Crippen LogP contribution is 2.10. The molecule has 0 aliphatic carbocycles. The third-order valence-electron chi connectivity index (χ3n) is 2.31. The molecule has 1 atom stereocenters. The van der Waals surface area contributed by atoms with Gasteiger partial charge in [-0.25, -0.2) is 13.1 Å². The Morgan fingerprint density at radius 3 is 2.78 bits per heavy atom. The first-order valence-electron chi connectivity index (χ1n) is 5.11. The molecule has 1 unspecified atom stereocenters. The molecular formula is C9H15N3O5S. The largest absolute Gasteiger partial charge is 0.481 e. The molecule has 3 N–H and O–H groups in total. The van der Waals surface area contributed by atoms with Gasteiger partial charge in [-0.2, -0.15) is 5.10 Å². The molecular weight excluding hydrogens is 262 g/mol. The topological polar surface area (TPSA) is 121 Å². The number of methoxy groups -OCH3 is 1. The maximum atomic E-state index is 11.8. The Morgan fingerprint density at radius 1 is 1.67 bits per heavy atom. The number of aromatic amines is 1. The van der Waals surface area contributed by atoms with E-state index < -0.39 is 22.1 Å². The van der Waals surface area contributed by atoms with Crippen molar-refractivity contribution < 1.29 is 23.1 Å². The van der Waals surface area contributed by atoms with Crippen molar-refractivity contribution in [3.63, 3.8) is 0 Å². The van der Waals surface area contributed by atoms with Gasteiger partial charge in [0.25, 0.3) is 0 Å². The lowest BCUT2D eigenvalue weighted by Gasteiger charge is -2.13. The third-order valence-corrected chi connectivity index (χ3v) is 3.85. The number of carbonyl (C=O) groups is 1. The molecule has 0 amide bonds. The maximum absolute atomic E-state index is 11.8. The second-order valence-corrected chi connectivity index (χ2v) is 5.40. The average molecular weight is 277 g/mol. The van der Waals surface area contributed by atoms with Crippen molar-refractivity contribution in [3.05, 3.63) is 11.9 Å². The molecule has 0 radical (unpaired) electrons. The van der Waals surface area contributed by atoms with E-state index >= 15 is 0 Å². The van der Waals surface area contributed by atoms with Crippen LogP contribution in [-0.2, 0) is 19.6 Å². The van der Waals surface area contributed by atoms with Gasteiger partial charge >= 0.3 is 5.97 Å². The summed E-state index contributed by atoms with van der Waals surface area (Å²) in [5.41, 5.74) is 0.412. The van der Waals surface area contributed by atoms with E-state index in [1.165, 1.54) is 13.3 Å². The standard InChI is InChI=1S/C9H15N3O5S/c1-6-8(5-10-12-6)18(15,16)11-4-7(17-2)3-9(13)14/h5,7,11H,3-4H2,1-2H3,(H,10,12)(H,13,14). The highest BCUT2D eigenvalue weighted by molar-refractivity contribution is 7.89. The van der Waals surface area contributed by atoms with Crippen molar-refractivity contribution in [3.8, 4) is 0 Å². The summed E-state index contributed by atoms with van der Waals surface area (Å²) >= 11 is 0. The van der Waals surface area contributed by atoms with E-state index in [9.17, 15) is 13.2 Å². The van der Waals surface area contributed by atoms with Crippen LogP contribution < -0.4 is 4.72 Å². The molecule has 0 aliphatic heterocycles. The Morgan fingerprint density at radius 2 is 2.33 bits per heavy atom. The van der Waals surface area contributed by atoms with Gasteiger partial charge in [-0.15, -0.1) is 0 Å². The molecule has 8 nitrogen and oxygen atoms in total. The molecule has 0 saturated carbocycles. The lowest BCUT2D eigenvalue weighted by atomic mass is 10.2. The molecule has 9 heteroatoms. The van der Waals surface area contributed by atoms with E-state index in [1.807, 2.05) is 0 Å². The highest BCUT2D eigenvalue weighted by atomic mass is 32.2. The number of H-pyrrole nitrogens is 1. The van der Waals surface area contributed by atoms with Crippen molar-refractivity contribution in [2.75, 3.05) is 13.7 Å². The minimum atomic E-state index is -3.71. The Labute approximate surface area is 104 Å². The first kappa shape index (κ1) is 14.6. The Hall–Kier alpha value is -1.45. The van der Waals surface area contributed by atoms with Crippen molar-refractivity contribution in [2.45, 2.75) is 24.3 Å². The van der Waals surface area contributed by atoms with Crippen LogP contribution >= 0.6 is 0 Å². The van der Waals surface area contributed by atoms with Gasteiger partial charge in [-0.1, -0.05) is 0 Å². The minimum Gasteiger partial charge on any atom is -0.481 e. The number of aromatic nitrogens is 2. The highest BCUT2D eigenvalue weighted by Gasteiger charge is 2.21. The first-order valence-corrected chi connectivity index (χ1v) is 6.59. The Balaban J connectivity index is 2.67. The van der Waals surface area contributed by atoms with Crippen LogP contribution in [0.15, 0.2) is 11.1 Å². The molecule has 0 fully saturated rings. The molecule has 18 heavy (non-hydrogen) atoms. The number of ether oxygens (including phenoxy) is 1. The number of nitrogens with zero attached hydrogens (tertiary/aromatic N) is 1. The molecule has 1 rings (SSSR count). The van der Waals surface area contributed by atoms with Gasteiger partial charge in [0.1, 0.15) is 4.90 Å². The fourth-order valence-electron chi connectivity index (χ4n) is 1.32. The third kappa shape index (κ3) is 3.79. The SMILES string of the molecule is COC(CNS(=O)(=O)c1cn[nH]c1C)CC(=O)O. The number of nitrogens with one attached hydrogen (secondary N) is 2. The molecule has 0 saturated heterocycles. The quantitative estimate of drug-likeness (QED) is 0.617. The smallest absolute Gasteiger partial charge is 0.306 e. The zero-order chi connectivity index (χ0) is 13.8. The zero-order valence-corrected chi connectivity index (χ0v) is 10.8. The number of sulfonamides is 1. The van der Waals surface area contributed by atoms with Crippen LogP contribution in [0.2, 0.25) is 0 Å². The second kappa shape index (κ2) is 5.94. The molecule has 1 aromatic heterocycles. The predicted molar refractivity (Wildman–Crippen MR) is 61.6 cm³/mol. The van der Waals surface area contributed by atoms with Gasteiger partial charge in [0, 0.05) is 13.7 Å². The number of hydrogen-bond donors (Lipinski definition) is 3. The summed E-state index contributed by atoms with van der Waals surface area (Å²) in [7, 11) is -2.38. The summed E-state index contributed by atoms with van der Waals surface area (Å²) < 4.78 is 30.8. The Kier molecular flexibility index (Phi) is 4.82. The van der Waals surface area contributed by atoms with Crippen molar-refractivity contribution in [1.82, 2.24) is 14.9 Å². The van der Waals surface area contributed by atoms with E-state index in [2.05, 4.69) is 14.9 Å². The summed E-state index contributed by atoms with van der Waals surface area (Å²) in [6.07, 6.45) is 0.199. The minimum absolute atomic E-state index is 0.0349. The van der Waals surface area contributed by atoms with Crippen LogP contribution in [-0.4, -0.2) is 49.4 Å². The van der Waals surface area contributed by atoms with Crippen molar-refractivity contribution >= 4 is 16.0 Å². The average Bonchev–Trinajstić information content (AvgIpc) is 2.71. The summed E-state index contributed by atoms with van der Waals surface area (Å²) in [5, 5.41) is 14.7. The number of carboxylic acids is 1. The number of carboxylic acid groups (broad SMARTS) is 1. The van der Waals surface area contributed by atoms with Crippen LogP contribution in [0.4, 0.5) is 0 Å². The Bertz CT molecular complexity index is 510. The van der Waals surface area contributed by atoms with Gasteiger partial charge < -0.3 is 9.84 Å². The van der Waals surface area contributed by atoms with Crippen molar-refractivity contribution in [2.24, 2.45) is 0 Å².